The summed E-state index contributed by atoms with van der Waals surface area (Å²) in [7, 11) is -0.192. The van der Waals surface area contributed by atoms with Gasteiger partial charge in [0.25, 0.3) is 5.37 Å². The second-order valence-electron chi connectivity index (χ2n) is 5.73. The molecule has 126 valence electrons. The van der Waals surface area contributed by atoms with E-state index in [4.69, 9.17) is 12.2 Å². The molecule has 1 atom stereocenters. The molecule has 1 aliphatic heterocycles. The second kappa shape index (κ2) is 6.39. The molecule has 2 rings (SSSR count). The Morgan fingerprint density at radius 2 is 1.96 bits per heavy atom. The molecule has 2 N–H and O–H groups in total. The molecular weight excluding hydrogens is 354 g/mol. The lowest BCUT2D eigenvalue weighted by atomic mass is 10.0. The van der Waals surface area contributed by atoms with E-state index in [0.717, 1.165) is 9.06 Å². The number of benzene rings is 1. The van der Waals surface area contributed by atoms with E-state index in [2.05, 4.69) is 4.72 Å². The molecule has 1 saturated heterocycles. The molecule has 0 spiro atoms. The minimum Gasteiger partial charge on any atom is -0.347 e. The zero-order valence-corrected chi connectivity index (χ0v) is 15.8. The van der Waals surface area contributed by atoms with E-state index < -0.39 is 10.0 Å². The van der Waals surface area contributed by atoms with Crippen LogP contribution in [0.4, 0.5) is 0 Å². The van der Waals surface area contributed by atoms with Gasteiger partial charge in [0.2, 0.25) is 16.2 Å². The van der Waals surface area contributed by atoms with Gasteiger partial charge in [-0.15, -0.1) is 0 Å². The molecule has 1 aromatic carbocycles. The van der Waals surface area contributed by atoms with Gasteiger partial charge in [-0.25, -0.2) is 13.1 Å². The van der Waals surface area contributed by atoms with E-state index in [1.54, 1.807) is 18.3 Å². The van der Waals surface area contributed by atoms with Gasteiger partial charge in [0.05, 0.1) is 4.90 Å². The fourth-order valence-electron chi connectivity index (χ4n) is 2.17. The number of hydrogen-bond acceptors (Lipinski definition) is 5. The highest BCUT2D eigenvalue weighted by Gasteiger charge is 2.51. The van der Waals surface area contributed by atoms with Crippen molar-refractivity contribution in [2.75, 3.05) is 14.1 Å². The topological polar surface area (TPSA) is 72.6 Å². The number of nitrogens with zero attached hydrogens (tertiary/aromatic N) is 2. The third kappa shape index (κ3) is 3.52. The molecule has 0 bridgehead atoms. The van der Waals surface area contributed by atoms with Crippen LogP contribution in [0.15, 0.2) is 29.2 Å². The normalized spacial score (nSPS) is 21.7. The maximum atomic E-state index is 11.7. The summed E-state index contributed by atoms with van der Waals surface area (Å²) in [4.78, 5) is 2.13. The molecule has 0 aromatic heterocycles. The number of thiocarbonyl (C=S) groups is 1. The van der Waals surface area contributed by atoms with Crippen LogP contribution in [-0.2, 0) is 10.0 Å². The fourth-order valence-corrected chi connectivity index (χ4v) is 4.61. The second-order valence-corrected chi connectivity index (χ2v) is 9.34. The van der Waals surface area contributed by atoms with Crippen molar-refractivity contribution in [2.45, 2.75) is 29.7 Å². The quantitative estimate of drug-likeness (QED) is 0.273. The van der Waals surface area contributed by atoms with Crippen molar-refractivity contribution >= 4 is 44.5 Å². The first-order valence-corrected chi connectivity index (χ1v) is 9.67. The number of hydrogen-bond donors (Lipinski definition) is 2. The Morgan fingerprint density at radius 3 is 2.39 bits per heavy atom. The van der Waals surface area contributed by atoms with Gasteiger partial charge in [0.15, 0.2) is 0 Å². The van der Waals surface area contributed by atoms with Crippen LogP contribution in [0.5, 0.6) is 0 Å². The summed E-state index contributed by atoms with van der Waals surface area (Å²) in [6, 6.07) is 6.27. The first-order valence-electron chi connectivity index (χ1n) is 6.90. The zero-order chi connectivity index (χ0) is 17.4. The average Bonchev–Trinajstić information content (AvgIpc) is 2.71. The Balaban J connectivity index is 2.27. The van der Waals surface area contributed by atoms with Crippen molar-refractivity contribution in [1.29, 1.82) is 0 Å². The van der Waals surface area contributed by atoms with Crippen LogP contribution in [0.1, 0.15) is 19.4 Å². The van der Waals surface area contributed by atoms with Crippen molar-refractivity contribution in [3.63, 3.8) is 0 Å². The van der Waals surface area contributed by atoms with E-state index in [-0.39, 0.29) is 15.8 Å². The molecule has 1 unspecified atom stereocenters. The Kier molecular flexibility index (Phi) is 5.05. The van der Waals surface area contributed by atoms with Crippen LogP contribution in [0, 0.1) is 0 Å². The molecule has 6 nitrogen and oxygen atoms in total. The summed E-state index contributed by atoms with van der Waals surface area (Å²) >= 11 is 6.70. The largest absolute Gasteiger partial charge is 0.347 e. The number of nitrogens with one attached hydrogen (secondary N) is 1. The minimum absolute atomic E-state index is 0.179. The molecule has 0 saturated carbocycles. The van der Waals surface area contributed by atoms with Gasteiger partial charge in [-0.2, -0.15) is 0 Å². The van der Waals surface area contributed by atoms with Crippen LogP contribution in [0.25, 0.3) is 0 Å². The van der Waals surface area contributed by atoms with Gasteiger partial charge in [0, 0.05) is 12.6 Å². The summed E-state index contributed by atoms with van der Waals surface area (Å²) in [5.74, 6) is 0. The third-order valence-corrected chi connectivity index (χ3v) is 7.42. The molecule has 23 heavy (non-hydrogen) atoms. The van der Waals surface area contributed by atoms with Gasteiger partial charge in [-0.05, 0) is 61.7 Å². The predicted molar refractivity (Wildman–Crippen MR) is 95.7 cm³/mol. The number of rotatable bonds is 4. The van der Waals surface area contributed by atoms with Crippen LogP contribution in [-0.4, -0.2) is 58.8 Å². The van der Waals surface area contributed by atoms with Crippen LogP contribution >= 0.6 is 24.0 Å². The van der Waals surface area contributed by atoms with Gasteiger partial charge in [-0.1, -0.05) is 12.2 Å². The molecule has 1 aliphatic rings. The number of likely N-dealkylation sites (N-methyl/N-ethyl adjacent to an activating group) is 1. The smallest absolute Gasteiger partial charge is 0.276 e. The SMILES string of the molecule is CNS(=O)(=O)c1ccc(C=[N+](O)C2SC(=S)N(C)C2(C)C)cc1. The highest BCUT2D eigenvalue weighted by Crippen LogP contribution is 2.38. The Labute approximate surface area is 146 Å². The lowest BCUT2D eigenvalue weighted by molar-refractivity contribution is -0.785. The average molecular weight is 375 g/mol. The first kappa shape index (κ1) is 18.2. The molecule has 0 aliphatic carbocycles. The van der Waals surface area contributed by atoms with Gasteiger partial charge in [-0.3, -0.25) is 5.21 Å². The van der Waals surface area contributed by atoms with Gasteiger partial charge in [0.1, 0.15) is 9.86 Å². The molecule has 1 aromatic rings. The van der Waals surface area contributed by atoms with Crippen molar-refractivity contribution < 1.29 is 18.4 Å². The van der Waals surface area contributed by atoms with Gasteiger partial charge < -0.3 is 4.90 Å². The van der Waals surface area contributed by atoms with Crippen molar-refractivity contribution in [3.8, 4) is 0 Å². The van der Waals surface area contributed by atoms with Crippen molar-refractivity contribution in [3.05, 3.63) is 29.8 Å². The lowest BCUT2D eigenvalue weighted by Crippen LogP contribution is -2.47. The first-order chi connectivity index (χ1) is 10.6. The molecule has 0 amide bonds. The number of sulfonamides is 1. The minimum atomic E-state index is -3.46. The van der Waals surface area contributed by atoms with Crippen molar-refractivity contribution in [2.24, 2.45) is 0 Å². The predicted octanol–water partition coefficient (Wildman–Crippen LogP) is 1.48. The van der Waals surface area contributed by atoms with Crippen molar-refractivity contribution in [1.82, 2.24) is 9.62 Å². The van der Waals surface area contributed by atoms with Crippen LogP contribution < -0.4 is 4.72 Å². The van der Waals surface area contributed by atoms with Crippen LogP contribution in [0.2, 0.25) is 0 Å². The van der Waals surface area contributed by atoms with Gasteiger partial charge >= 0.3 is 0 Å². The summed E-state index contributed by atoms with van der Waals surface area (Å²) in [6.07, 6.45) is 1.57. The summed E-state index contributed by atoms with van der Waals surface area (Å²) < 4.78 is 27.5. The van der Waals surface area contributed by atoms with E-state index in [1.165, 1.54) is 30.9 Å². The third-order valence-electron chi connectivity index (χ3n) is 3.94. The number of hydroxylamine groups is 1. The lowest BCUT2D eigenvalue weighted by Gasteiger charge is -2.28. The van der Waals surface area contributed by atoms with E-state index >= 15 is 0 Å². The van der Waals surface area contributed by atoms with E-state index in [9.17, 15) is 13.6 Å². The molecule has 1 heterocycles. The summed E-state index contributed by atoms with van der Waals surface area (Å²) in [5.41, 5.74) is 0.363. The zero-order valence-electron chi connectivity index (χ0n) is 13.3. The highest BCUT2D eigenvalue weighted by atomic mass is 32.2. The maximum Gasteiger partial charge on any atom is 0.276 e. The monoisotopic (exact) mass is 374 g/mol. The molecule has 0 radical (unpaired) electrons. The van der Waals surface area contributed by atoms with E-state index in [0.29, 0.717) is 5.56 Å². The summed E-state index contributed by atoms with van der Waals surface area (Å²) in [6.45, 7) is 4.01. The standard InChI is InChI=1S/C14H20N3O3S3/c1-14(2)12(22-13(21)16(14)4)17(18)9-10-5-7-11(8-6-10)23(19,20)15-3/h5-9,12,15,18H,1-4H3/q+1. The maximum absolute atomic E-state index is 11.7. The molecule has 9 heteroatoms. The Bertz CT molecular complexity index is 742. The van der Waals surface area contributed by atoms with Crippen LogP contribution in [0.3, 0.4) is 0 Å². The Hall–Kier alpha value is -1.16. The highest BCUT2D eigenvalue weighted by molar-refractivity contribution is 8.23. The Morgan fingerprint density at radius 1 is 1.39 bits per heavy atom. The van der Waals surface area contributed by atoms with E-state index in [1.807, 2.05) is 25.8 Å². The molecular formula is C14H20N3O3S3+. The summed E-state index contributed by atoms with van der Waals surface area (Å²) in [5, 5.41) is 10.1. The number of thioether (sulfide) groups is 1. The molecule has 1 fully saturated rings. The fraction of sp³-hybridized carbons (Fsp3) is 0.429.